The molecule has 2 aliphatic rings. The molecule has 1 aromatic heterocycles. The summed E-state index contributed by atoms with van der Waals surface area (Å²) in [6, 6.07) is 0. The Morgan fingerprint density at radius 1 is 1.37 bits per heavy atom. The maximum atomic E-state index is 11.4. The van der Waals surface area contributed by atoms with Gasteiger partial charge in [-0.05, 0) is 37.5 Å². The molecule has 3 rings (SSSR count). The van der Waals surface area contributed by atoms with Crippen molar-refractivity contribution in [3.8, 4) is 0 Å². The van der Waals surface area contributed by atoms with Crippen molar-refractivity contribution in [2.45, 2.75) is 51.4 Å². The minimum atomic E-state index is -0.733. The van der Waals surface area contributed by atoms with Crippen LogP contribution in [0, 0.1) is 17.8 Å². The van der Waals surface area contributed by atoms with E-state index in [1.807, 2.05) is 0 Å². The quantitative estimate of drug-likeness (QED) is 0.884. The maximum Gasteiger partial charge on any atom is 0.307 e. The topological polar surface area (TPSA) is 76.2 Å². The fourth-order valence-corrected chi connectivity index (χ4v) is 3.10. The highest BCUT2D eigenvalue weighted by molar-refractivity contribution is 5.71. The summed E-state index contributed by atoms with van der Waals surface area (Å²) in [5, 5.41) is 13.3. The standard InChI is InChI=1S/C14H20N2O3/c1-2-8-5-10(11(6-8)14(17)18)13-15-12(16-19-13)7-9-3-4-9/h8-11H,2-7H2,1H3,(H,17,18). The molecule has 0 spiro atoms. The van der Waals surface area contributed by atoms with Gasteiger partial charge in [0, 0.05) is 6.42 Å². The SMILES string of the molecule is CCC1CC(C(=O)O)C(c2nc(CC3CC3)no2)C1. The van der Waals surface area contributed by atoms with Crippen molar-refractivity contribution < 1.29 is 14.4 Å². The number of aromatic nitrogens is 2. The van der Waals surface area contributed by atoms with Crippen LogP contribution in [0.2, 0.25) is 0 Å². The Balaban J connectivity index is 1.74. The number of aliphatic carboxylic acids is 1. The summed E-state index contributed by atoms with van der Waals surface area (Å²) < 4.78 is 5.33. The Bertz CT molecular complexity index is 467. The van der Waals surface area contributed by atoms with E-state index in [2.05, 4.69) is 17.1 Å². The Morgan fingerprint density at radius 3 is 2.79 bits per heavy atom. The fraction of sp³-hybridized carbons (Fsp3) is 0.786. The summed E-state index contributed by atoms with van der Waals surface area (Å²) in [5.74, 6) is 1.28. The predicted octanol–water partition coefficient (Wildman–Crippen LogP) is 2.63. The van der Waals surface area contributed by atoms with Crippen molar-refractivity contribution in [3.63, 3.8) is 0 Å². The highest BCUT2D eigenvalue weighted by Gasteiger charge is 2.42. The van der Waals surface area contributed by atoms with Crippen LogP contribution in [0.4, 0.5) is 0 Å². The van der Waals surface area contributed by atoms with Gasteiger partial charge in [-0.3, -0.25) is 4.79 Å². The molecule has 0 aliphatic heterocycles. The van der Waals surface area contributed by atoms with Gasteiger partial charge in [-0.25, -0.2) is 0 Å². The van der Waals surface area contributed by atoms with Crippen LogP contribution in [0.1, 0.15) is 56.7 Å². The average Bonchev–Trinajstić information content (AvgIpc) is 2.92. The van der Waals surface area contributed by atoms with Gasteiger partial charge >= 0.3 is 5.97 Å². The van der Waals surface area contributed by atoms with E-state index < -0.39 is 5.97 Å². The van der Waals surface area contributed by atoms with Crippen molar-refractivity contribution in [2.75, 3.05) is 0 Å². The zero-order valence-corrected chi connectivity index (χ0v) is 11.2. The average molecular weight is 264 g/mol. The number of carboxylic acid groups (broad SMARTS) is 1. The second-order valence-electron chi connectivity index (χ2n) is 5.99. The minimum Gasteiger partial charge on any atom is -0.481 e. The van der Waals surface area contributed by atoms with Gasteiger partial charge < -0.3 is 9.63 Å². The molecule has 3 atom stereocenters. The lowest BCUT2D eigenvalue weighted by molar-refractivity contribution is -0.142. The van der Waals surface area contributed by atoms with Gasteiger partial charge in [0.15, 0.2) is 5.82 Å². The molecule has 2 saturated carbocycles. The summed E-state index contributed by atoms with van der Waals surface area (Å²) in [6.45, 7) is 2.11. The van der Waals surface area contributed by atoms with Gasteiger partial charge in [-0.1, -0.05) is 18.5 Å². The first-order valence-corrected chi connectivity index (χ1v) is 7.22. The Kier molecular flexibility index (Phi) is 3.29. The molecule has 5 heteroatoms. The number of nitrogens with zero attached hydrogens (tertiary/aromatic N) is 2. The molecule has 0 radical (unpaired) electrons. The smallest absolute Gasteiger partial charge is 0.307 e. The molecule has 1 heterocycles. The zero-order chi connectivity index (χ0) is 13.4. The van der Waals surface area contributed by atoms with Gasteiger partial charge in [0.1, 0.15) is 0 Å². The van der Waals surface area contributed by atoms with E-state index in [0.717, 1.165) is 31.5 Å². The van der Waals surface area contributed by atoms with E-state index in [1.54, 1.807) is 0 Å². The maximum absolute atomic E-state index is 11.4. The highest BCUT2D eigenvalue weighted by Crippen LogP contribution is 2.44. The Hall–Kier alpha value is -1.39. The minimum absolute atomic E-state index is 0.0945. The van der Waals surface area contributed by atoms with Crippen LogP contribution >= 0.6 is 0 Å². The molecule has 104 valence electrons. The summed E-state index contributed by atoms with van der Waals surface area (Å²) >= 11 is 0. The van der Waals surface area contributed by atoms with E-state index in [4.69, 9.17) is 4.52 Å². The number of hydrogen-bond acceptors (Lipinski definition) is 4. The third-order valence-corrected chi connectivity index (χ3v) is 4.52. The van der Waals surface area contributed by atoms with E-state index in [9.17, 15) is 9.90 Å². The third-order valence-electron chi connectivity index (χ3n) is 4.52. The largest absolute Gasteiger partial charge is 0.481 e. The van der Waals surface area contributed by atoms with Gasteiger partial charge in [0.25, 0.3) is 0 Å². The molecule has 1 aromatic rings. The van der Waals surface area contributed by atoms with E-state index >= 15 is 0 Å². The van der Waals surface area contributed by atoms with Gasteiger partial charge in [0.05, 0.1) is 11.8 Å². The Labute approximate surface area is 112 Å². The van der Waals surface area contributed by atoms with Crippen molar-refractivity contribution in [3.05, 3.63) is 11.7 Å². The third kappa shape index (κ3) is 2.65. The molecule has 0 aromatic carbocycles. The number of rotatable bonds is 5. The molecule has 3 unspecified atom stereocenters. The summed E-state index contributed by atoms with van der Waals surface area (Å²) in [5.41, 5.74) is 0. The lowest BCUT2D eigenvalue weighted by Crippen LogP contribution is -2.17. The second-order valence-corrected chi connectivity index (χ2v) is 5.99. The lowest BCUT2D eigenvalue weighted by Gasteiger charge is -2.09. The molecular weight excluding hydrogens is 244 g/mol. The lowest BCUT2D eigenvalue weighted by atomic mass is 9.96. The molecule has 0 saturated heterocycles. The normalized spacial score (nSPS) is 30.7. The van der Waals surface area contributed by atoms with Crippen LogP contribution in [-0.2, 0) is 11.2 Å². The molecule has 2 fully saturated rings. The Morgan fingerprint density at radius 2 is 2.16 bits per heavy atom. The van der Waals surface area contributed by atoms with E-state index in [0.29, 0.717) is 17.7 Å². The predicted molar refractivity (Wildman–Crippen MR) is 67.6 cm³/mol. The van der Waals surface area contributed by atoms with Crippen LogP contribution in [0.15, 0.2) is 4.52 Å². The van der Waals surface area contributed by atoms with Gasteiger partial charge in [0.2, 0.25) is 5.89 Å². The first-order valence-electron chi connectivity index (χ1n) is 7.22. The van der Waals surface area contributed by atoms with E-state index in [-0.39, 0.29) is 11.8 Å². The number of carbonyl (C=O) groups is 1. The van der Waals surface area contributed by atoms with Crippen molar-refractivity contribution in [1.82, 2.24) is 10.1 Å². The second kappa shape index (κ2) is 4.94. The van der Waals surface area contributed by atoms with E-state index in [1.165, 1.54) is 12.8 Å². The number of carboxylic acids is 1. The van der Waals surface area contributed by atoms with Crippen LogP contribution in [0.5, 0.6) is 0 Å². The fourth-order valence-electron chi connectivity index (χ4n) is 3.10. The van der Waals surface area contributed by atoms with Crippen molar-refractivity contribution in [1.29, 1.82) is 0 Å². The first kappa shape index (κ1) is 12.6. The van der Waals surface area contributed by atoms with Crippen LogP contribution in [0.3, 0.4) is 0 Å². The molecule has 2 aliphatic carbocycles. The monoisotopic (exact) mass is 264 g/mol. The molecule has 0 bridgehead atoms. The molecule has 1 N–H and O–H groups in total. The van der Waals surface area contributed by atoms with Crippen molar-refractivity contribution in [2.24, 2.45) is 17.8 Å². The van der Waals surface area contributed by atoms with Crippen LogP contribution in [-0.4, -0.2) is 21.2 Å². The summed E-state index contributed by atoms with van der Waals surface area (Å²) in [4.78, 5) is 15.8. The first-order chi connectivity index (χ1) is 9.17. The molecule has 19 heavy (non-hydrogen) atoms. The van der Waals surface area contributed by atoms with Gasteiger partial charge in [-0.2, -0.15) is 4.98 Å². The zero-order valence-electron chi connectivity index (χ0n) is 11.2. The summed E-state index contributed by atoms with van der Waals surface area (Å²) in [6.07, 6.45) is 6.00. The highest BCUT2D eigenvalue weighted by atomic mass is 16.5. The number of hydrogen-bond donors (Lipinski definition) is 1. The molecule has 5 nitrogen and oxygen atoms in total. The van der Waals surface area contributed by atoms with Gasteiger partial charge in [-0.15, -0.1) is 0 Å². The van der Waals surface area contributed by atoms with Crippen molar-refractivity contribution >= 4 is 5.97 Å². The molecule has 0 amide bonds. The summed E-state index contributed by atoms with van der Waals surface area (Å²) in [7, 11) is 0. The van der Waals surface area contributed by atoms with Crippen LogP contribution in [0.25, 0.3) is 0 Å². The van der Waals surface area contributed by atoms with Crippen LogP contribution < -0.4 is 0 Å². The molecular formula is C14H20N2O3.